The van der Waals surface area contributed by atoms with Crippen molar-refractivity contribution in [2.45, 2.75) is 65.4 Å². The molecule has 1 saturated heterocycles. The van der Waals surface area contributed by atoms with E-state index in [2.05, 4.69) is 30.4 Å². The molecule has 1 fully saturated rings. The Morgan fingerprint density at radius 1 is 1.52 bits per heavy atom. The molecule has 0 aromatic carbocycles. The molecular weight excluding hydrogens is 294 g/mol. The third-order valence-electron chi connectivity index (χ3n) is 3.86. The van der Waals surface area contributed by atoms with Crippen molar-refractivity contribution in [3.05, 3.63) is 30.5 Å². The van der Waals surface area contributed by atoms with Crippen LogP contribution in [0.4, 0.5) is 0 Å². The van der Waals surface area contributed by atoms with Crippen LogP contribution in [-0.4, -0.2) is 44.3 Å². The van der Waals surface area contributed by atoms with Gasteiger partial charge in [-0.15, -0.1) is 0 Å². The summed E-state index contributed by atoms with van der Waals surface area (Å²) in [6.07, 6.45) is 4.75. The van der Waals surface area contributed by atoms with Crippen molar-refractivity contribution in [1.82, 2.24) is 9.55 Å². The Labute approximate surface area is 138 Å². The maximum atomic E-state index is 9.76. The molecule has 1 aliphatic heterocycles. The number of unbranched alkanes of at least 4 members (excludes halogenated alkanes) is 1. The molecule has 0 saturated carbocycles. The monoisotopic (exact) mass is 323 g/mol. The third-order valence-corrected chi connectivity index (χ3v) is 3.86. The lowest BCUT2D eigenvalue weighted by Gasteiger charge is -2.15. The molecule has 2 unspecified atom stereocenters. The van der Waals surface area contributed by atoms with Crippen LogP contribution in [0, 0.1) is 6.92 Å². The highest BCUT2D eigenvalue weighted by atomic mass is 16.5. The topological polar surface area (TPSA) is 79.9 Å². The highest BCUT2D eigenvalue weighted by Gasteiger charge is 2.35. The molecule has 1 aliphatic rings. The molecule has 1 aromatic rings. The van der Waals surface area contributed by atoms with Crippen LogP contribution in [0.15, 0.2) is 24.1 Å². The zero-order valence-corrected chi connectivity index (χ0v) is 14.6. The number of aliphatic hydroxyl groups excluding tert-OH is 2. The summed E-state index contributed by atoms with van der Waals surface area (Å²) in [5, 5.41) is 18.8. The Morgan fingerprint density at radius 2 is 2.17 bits per heavy atom. The maximum Gasteiger partial charge on any atom is 0.138 e. The Bertz CT molecular complexity index is 523. The van der Waals surface area contributed by atoms with E-state index in [4.69, 9.17) is 9.84 Å². The van der Waals surface area contributed by atoms with Crippen LogP contribution in [-0.2, 0) is 4.74 Å². The molecule has 0 spiro atoms. The summed E-state index contributed by atoms with van der Waals surface area (Å²) in [4.78, 5) is 8.43. The van der Waals surface area contributed by atoms with E-state index in [0.717, 1.165) is 17.1 Å². The molecule has 2 N–H and O–H groups in total. The number of aliphatic hydroxyl groups is 2. The van der Waals surface area contributed by atoms with Crippen LogP contribution in [0.3, 0.4) is 0 Å². The zero-order valence-electron chi connectivity index (χ0n) is 14.6. The second-order valence-corrected chi connectivity index (χ2v) is 5.60. The van der Waals surface area contributed by atoms with Gasteiger partial charge in [0.2, 0.25) is 0 Å². The van der Waals surface area contributed by atoms with Crippen LogP contribution in [0.2, 0.25) is 0 Å². The first-order chi connectivity index (χ1) is 11.0. The predicted molar refractivity (Wildman–Crippen MR) is 91.6 cm³/mol. The molecular formula is C17H29N3O3. The number of hydrogen-bond acceptors (Lipinski definition) is 5. The first kappa shape index (κ1) is 19.5. The number of imidazole rings is 1. The number of nitrogens with zero attached hydrogens (tertiary/aromatic N) is 3. The number of aromatic nitrogens is 2. The van der Waals surface area contributed by atoms with E-state index in [1.807, 2.05) is 18.4 Å². The number of rotatable bonds is 5. The normalized spacial score (nSPS) is 24.3. The van der Waals surface area contributed by atoms with Gasteiger partial charge >= 0.3 is 0 Å². The Morgan fingerprint density at radius 3 is 2.65 bits per heavy atom. The smallest absolute Gasteiger partial charge is 0.138 e. The van der Waals surface area contributed by atoms with Crippen molar-refractivity contribution in [3.63, 3.8) is 0 Å². The van der Waals surface area contributed by atoms with Crippen LogP contribution >= 0.6 is 0 Å². The summed E-state index contributed by atoms with van der Waals surface area (Å²) < 4.78 is 7.46. The molecule has 1 aromatic heterocycles. The zero-order chi connectivity index (χ0) is 17.4. The average Bonchev–Trinajstić information content (AvgIpc) is 3.10. The molecule has 0 amide bonds. The highest BCUT2D eigenvalue weighted by molar-refractivity contribution is 5.98. The summed E-state index contributed by atoms with van der Waals surface area (Å²) in [6, 6.07) is 0. The van der Waals surface area contributed by atoms with Crippen molar-refractivity contribution >= 4 is 5.71 Å². The van der Waals surface area contributed by atoms with Gasteiger partial charge in [-0.2, -0.15) is 0 Å². The minimum atomic E-state index is -0.650. The van der Waals surface area contributed by atoms with Gasteiger partial charge in [-0.3, -0.25) is 4.99 Å². The largest absolute Gasteiger partial charge is 0.394 e. The second kappa shape index (κ2) is 9.60. The fourth-order valence-corrected chi connectivity index (χ4v) is 2.32. The Hall–Kier alpha value is -1.50. The van der Waals surface area contributed by atoms with Crippen molar-refractivity contribution < 1.29 is 14.9 Å². The molecule has 3 atom stereocenters. The third kappa shape index (κ3) is 4.99. The minimum absolute atomic E-state index is 0.185. The number of aliphatic imine (C=N–C) groups is 1. The van der Waals surface area contributed by atoms with Gasteiger partial charge in [0.15, 0.2) is 0 Å². The van der Waals surface area contributed by atoms with Gasteiger partial charge in [0.1, 0.15) is 18.0 Å². The lowest BCUT2D eigenvalue weighted by Crippen LogP contribution is -2.24. The van der Waals surface area contributed by atoms with Crippen molar-refractivity contribution in [3.8, 4) is 0 Å². The summed E-state index contributed by atoms with van der Waals surface area (Å²) in [6.45, 7) is 11.5. The van der Waals surface area contributed by atoms with Gasteiger partial charge in [-0.05, 0) is 13.8 Å². The van der Waals surface area contributed by atoms with Crippen molar-refractivity contribution in [1.29, 1.82) is 0 Å². The lowest BCUT2D eigenvalue weighted by molar-refractivity contribution is -0.0449. The van der Waals surface area contributed by atoms with E-state index in [0.29, 0.717) is 6.42 Å². The molecule has 6 heteroatoms. The molecule has 6 nitrogen and oxygen atoms in total. The van der Waals surface area contributed by atoms with Gasteiger partial charge in [0.25, 0.3) is 0 Å². The summed E-state index contributed by atoms with van der Waals surface area (Å²) in [5.74, 6) is 0. The van der Waals surface area contributed by atoms with E-state index in [1.165, 1.54) is 19.0 Å². The average molecular weight is 323 g/mol. The van der Waals surface area contributed by atoms with E-state index in [9.17, 15) is 5.11 Å². The Kier molecular flexibility index (Phi) is 8.16. The summed E-state index contributed by atoms with van der Waals surface area (Å²) in [5.41, 5.74) is 2.48. The SMILES string of the molecule is C=CN=C(C)c1ncn(C2C[C@H](O)C(CO)O2)c1C.CCCC. The first-order valence-corrected chi connectivity index (χ1v) is 8.13. The molecule has 0 radical (unpaired) electrons. The summed E-state index contributed by atoms with van der Waals surface area (Å²) >= 11 is 0. The predicted octanol–water partition coefficient (Wildman–Crippen LogP) is 2.59. The second-order valence-electron chi connectivity index (χ2n) is 5.60. The van der Waals surface area contributed by atoms with Gasteiger partial charge in [-0.25, -0.2) is 4.98 Å². The van der Waals surface area contributed by atoms with E-state index in [-0.39, 0.29) is 12.8 Å². The highest BCUT2D eigenvalue weighted by Crippen LogP contribution is 2.30. The maximum absolute atomic E-state index is 9.76. The first-order valence-electron chi connectivity index (χ1n) is 8.13. The lowest BCUT2D eigenvalue weighted by atomic mass is 10.2. The fourth-order valence-electron chi connectivity index (χ4n) is 2.32. The van der Waals surface area contributed by atoms with Gasteiger partial charge in [0.05, 0.1) is 24.7 Å². The van der Waals surface area contributed by atoms with Crippen molar-refractivity contribution in [2.24, 2.45) is 4.99 Å². The standard InChI is InChI=1S/C13H19N3O3.C4H10/c1-4-14-8(2)13-9(3)16(7-15-13)12-5-10(18)11(6-17)19-12;1-3-4-2/h4,7,10-12,17-18H,1,5-6H2,2-3H3;3-4H2,1-2H3/t10-,11?,12?;/m0./s1. The van der Waals surface area contributed by atoms with E-state index < -0.39 is 12.2 Å². The van der Waals surface area contributed by atoms with E-state index in [1.54, 1.807) is 6.33 Å². The minimum Gasteiger partial charge on any atom is -0.394 e. The molecule has 2 heterocycles. The number of hydrogen-bond donors (Lipinski definition) is 2. The molecule has 0 aliphatic carbocycles. The van der Waals surface area contributed by atoms with Crippen LogP contribution in [0.25, 0.3) is 0 Å². The van der Waals surface area contributed by atoms with Crippen LogP contribution < -0.4 is 0 Å². The molecule has 2 rings (SSSR count). The number of ether oxygens (including phenoxy) is 1. The molecule has 130 valence electrons. The quantitative estimate of drug-likeness (QED) is 0.816. The molecule has 23 heavy (non-hydrogen) atoms. The molecule has 0 bridgehead atoms. The van der Waals surface area contributed by atoms with Gasteiger partial charge in [-0.1, -0.05) is 33.3 Å². The van der Waals surface area contributed by atoms with Crippen LogP contribution in [0.1, 0.15) is 57.6 Å². The van der Waals surface area contributed by atoms with Gasteiger partial charge in [0, 0.05) is 18.3 Å². The van der Waals surface area contributed by atoms with Crippen LogP contribution in [0.5, 0.6) is 0 Å². The van der Waals surface area contributed by atoms with Crippen molar-refractivity contribution in [2.75, 3.05) is 6.61 Å². The fraction of sp³-hybridized carbons (Fsp3) is 0.647. The van der Waals surface area contributed by atoms with E-state index >= 15 is 0 Å². The summed E-state index contributed by atoms with van der Waals surface area (Å²) in [7, 11) is 0. The Balaban J connectivity index is 0.000000593. The van der Waals surface area contributed by atoms with Gasteiger partial charge < -0.3 is 19.5 Å².